The maximum absolute atomic E-state index is 11.0. The maximum Gasteiger partial charge on any atom is 0.332 e. The van der Waals surface area contributed by atoms with E-state index in [4.69, 9.17) is 9.47 Å². The third kappa shape index (κ3) is 5.62. The van der Waals surface area contributed by atoms with Crippen LogP contribution in [0.2, 0.25) is 0 Å². The van der Waals surface area contributed by atoms with E-state index in [9.17, 15) is 4.79 Å². The first-order valence-electron chi connectivity index (χ1n) is 6.13. The van der Waals surface area contributed by atoms with E-state index in [2.05, 4.69) is 25.2 Å². The van der Waals surface area contributed by atoms with E-state index in [-0.39, 0.29) is 12.6 Å². The zero-order valence-corrected chi connectivity index (χ0v) is 12.1. The van der Waals surface area contributed by atoms with Crippen molar-refractivity contribution in [2.75, 3.05) is 26.4 Å². The Balaban J connectivity index is 2.03. The van der Waals surface area contributed by atoms with Crippen molar-refractivity contribution in [1.29, 1.82) is 0 Å². The van der Waals surface area contributed by atoms with Crippen molar-refractivity contribution in [1.82, 2.24) is 5.32 Å². The monoisotopic (exact) mass is 271 g/mol. The van der Waals surface area contributed by atoms with E-state index in [0.29, 0.717) is 13.2 Å². The minimum absolute atomic E-state index is 0.0345. The summed E-state index contributed by atoms with van der Waals surface area (Å²) in [5.41, 5.74) is 1.34. The van der Waals surface area contributed by atoms with Crippen LogP contribution in [0.15, 0.2) is 6.07 Å². The van der Waals surface area contributed by atoms with Crippen LogP contribution in [0.1, 0.15) is 22.2 Å². The van der Waals surface area contributed by atoms with Gasteiger partial charge in [-0.1, -0.05) is 0 Å². The van der Waals surface area contributed by atoms with Gasteiger partial charge in [-0.15, -0.1) is 11.3 Å². The number of carbonyl (C=O) groups excluding carboxylic acids is 1. The fourth-order valence-electron chi connectivity index (χ4n) is 1.45. The van der Waals surface area contributed by atoms with Gasteiger partial charge in [-0.25, -0.2) is 4.79 Å². The van der Waals surface area contributed by atoms with Crippen LogP contribution in [0.3, 0.4) is 0 Å². The van der Waals surface area contributed by atoms with Gasteiger partial charge in [0, 0.05) is 22.8 Å². The molecule has 1 aromatic rings. The van der Waals surface area contributed by atoms with Crippen LogP contribution in [0.4, 0.5) is 0 Å². The molecular weight excluding hydrogens is 250 g/mol. The molecule has 0 saturated carbocycles. The topological polar surface area (TPSA) is 47.6 Å². The smallest absolute Gasteiger partial charge is 0.332 e. The maximum atomic E-state index is 11.0. The van der Waals surface area contributed by atoms with Crippen molar-refractivity contribution in [3.8, 4) is 0 Å². The molecule has 4 nitrogen and oxygen atoms in total. The number of hydrogen-bond donors (Lipinski definition) is 1. The highest BCUT2D eigenvalue weighted by molar-refractivity contribution is 7.12. The molecule has 0 saturated heterocycles. The van der Waals surface area contributed by atoms with Crippen molar-refractivity contribution in [2.24, 2.45) is 0 Å². The van der Waals surface area contributed by atoms with Gasteiger partial charge in [0.15, 0.2) is 0 Å². The van der Waals surface area contributed by atoms with E-state index in [0.717, 1.165) is 13.1 Å². The van der Waals surface area contributed by atoms with E-state index in [1.54, 1.807) is 6.92 Å². The van der Waals surface area contributed by atoms with Gasteiger partial charge >= 0.3 is 5.97 Å². The minimum atomic E-state index is -0.304. The molecule has 1 heterocycles. The summed E-state index contributed by atoms with van der Waals surface area (Å²) >= 11 is 1.81. The van der Waals surface area contributed by atoms with Crippen molar-refractivity contribution in [3.63, 3.8) is 0 Å². The summed E-state index contributed by atoms with van der Waals surface area (Å²) in [7, 11) is 0. The van der Waals surface area contributed by atoms with Crippen LogP contribution in [0, 0.1) is 13.8 Å². The van der Waals surface area contributed by atoms with Crippen LogP contribution in [-0.4, -0.2) is 32.3 Å². The number of carbonyl (C=O) groups is 1. The highest BCUT2D eigenvalue weighted by Gasteiger charge is 2.02. The molecule has 5 heteroatoms. The predicted octanol–water partition coefficient (Wildman–Crippen LogP) is 2.03. The summed E-state index contributed by atoms with van der Waals surface area (Å²) in [5.74, 6) is -0.304. The molecule has 0 radical (unpaired) electrons. The molecule has 0 aliphatic heterocycles. The Bertz CT molecular complexity index is 357. The van der Waals surface area contributed by atoms with Crippen LogP contribution >= 0.6 is 11.3 Å². The lowest BCUT2D eigenvalue weighted by atomic mass is 10.3. The quantitative estimate of drug-likeness (QED) is 0.580. The number of rotatable bonds is 8. The number of ether oxygens (including phenoxy) is 2. The molecule has 0 aromatic carbocycles. The van der Waals surface area contributed by atoms with Crippen LogP contribution in [0.25, 0.3) is 0 Å². The zero-order chi connectivity index (χ0) is 13.4. The van der Waals surface area contributed by atoms with Gasteiger partial charge in [0.25, 0.3) is 0 Å². The van der Waals surface area contributed by atoms with Gasteiger partial charge in [0.1, 0.15) is 6.61 Å². The first-order chi connectivity index (χ1) is 8.63. The standard InChI is InChI=1S/C13H21NO3S/c1-4-17-13(15)9-16-6-5-14-8-12-7-10(2)11(3)18-12/h7,14H,4-6,8-9H2,1-3H3. The highest BCUT2D eigenvalue weighted by Crippen LogP contribution is 2.19. The molecule has 0 spiro atoms. The summed E-state index contributed by atoms with van der Waals surface area (Å²) < 4.78 is 9.93. The van der Waals surface area contributed by atoms with Crippen molar-refractivity contribution < 1.29 is 14.3 Å². The second kappa shape index (κ2) is 8.24. The Kier molecular flexibility index (Phi) is 6.93. The summed E-state index contributed by atoms with van der Waals surface area (Å²) in [6, 6.07) is 2.20. The van der Waals surface area contributed by atoms with Gasteiger partial charge in [0.2, 0.25) is 0 Å². The molecular formula is C13H21NO3S. The van der Waals surface area contributed by atoms with E-state index in [1.165, 1.54) is 15.3 Å². The average Bonchev–Trinajstić information content (AvgIpc) is 2.63. The van der Waals surface area contributed by atoms with Crippen molar-refractivity contribution >= 4 is 17.3 Å². The van der Waals surface area contributed by atoms with E-state index in [1.807, 2.05) is 11.3 Å². The molecule has 0 atom stereocenters. The van der Waals surface area contributed by atoms with Gasteiger partial charge in [0.05, 0.1) is 13.2 Å². The van der Waals surface area contributed by atoms with Crippen LogP contribution < -0.4 is 5.32 Å². The van der Waals surface area contributed by atoms with Gasteiger partial charge < -0.3 is 14.8 Å². The van der Waals surface area contributed by atoms with Crippen molar-refractivity contribution in [3.05, 3.63) is 21.4 Å². The van der Waals surface area contributed by atoms with E-state index >= 15 is 0 Å². The zero-order valence-electron chi connectivity index (χ0n) is 11.2. The van der Waals surface area contributed by atoms with Gasteiger partial charge in [-0.2, -0.15) is 0 Å². The second-order valence-corrected chi connectivity index (χ2v) is 5.33. The average molecular weight is 271 g/mol. The molecule has 0 fully saturated rings. The Morgan fingerprint density at radius 3 is 2.83 bits per heavy atom. The summed E-state index contributed by atoms with van der Waals surface area (Å²) in [5, 5.41) is 3.28. The Labute approximate surface area is 112 Å². The summed E-state index contributed by atoms with van der Waals surface area (Å²) in [6.45, 7) is 8.57. The lowest BCUT2D eigenvalue weighted by molar-refractivity contribution is -0.148. The predicted molar refractivity (Wildman–Crippen MR) is 73.0 cm³/mol. The van der Waals surface area contributed by atoms with Crippen LogP contribution in [-0.2, 0) is 20.8 Å². The number of hydrogen-bond acceptors (Lipinski definition) is 5. The molecule has 102 valence electrons. The molecule has 0 unspecified atom stereocenters. The Morgan fingerprint density at radius 2 is 2.22 bits per heavy atom. The molecule has 18 heavy (non-hydrogen) atoms. The molecule has 1 N–H and O–H groups in total. The van der Waals surface area contributed by atoms with Crippen molar-refractivity contribution in [2.45, 2.75) is 27.3 Å². The fourth-order valence-corrected chi connectivity index (χ4v) is 2.47. The fraction of sp³-hybridized carbons (Fsp3) is 0.615. The first kappa shape index (κ1) is 15.1. The number of esters is 1. The van der Waals surface area contributed by atoms with Gasteiger partial charge in [-0.3, -0.25) is 0 Å². The lowest BCUT2D eigenvalue weighted by Crippen LogP contribution is -2.21. The molecule has 1 aromatic heterocycles. The third-order valence-corrected chi connectivity index (χ3v) is 3.62. The number of aryl methyl sites for hydroxylation is 2. The molecule has 1 rings (SSSR count). The molecule has 0 bridgehead atoms. The third-order valence-electron chi connectivity index (χ3n) is 2.46. The second-order valence-electron chi connectivity index (χ2n) is 3.99. The SMILES string of the molecule is CCOC(=O)COCCNCc1cc(C)c(C)s1. The van der Waals surface area contributed by atoms with E-state index < -0.39 is 0 Å². The Hall–Kier alpha value is -0.910. The highest BCUT2D eigenvalue weighted by atomic mass is 32.1. The molecule has 0 amide bonds. The lowest BCUT2D eigenvalue weighted by Gasteiger charge is -2.05. The molecule has 0 aliphatic carbocycles. The number of nitrogens with one attached hydrogen (secondary N) is 1. The Morgan fingerprint density at radius 1 is 1.44 bits per heavy atom. The number of thiophene rings is 1. The molecule has 0 aliphatic rings. The minimum Gasteiger partial charge on any atom is -0.464 e. The summed E-state index contributed by atoms with van der Waals surface area (Å²) in [6.07, 6.45) is 0. The van der Waals surface area contributed by atoms with Crippen LogP contribution in [0.5, 0.6) is 0 Å². The first-order valence-corrected chi connectivity index (χ1v) is 6.95. The summed E-state index contributed by atoms with van der Waals surface area (Å²) in [4.78, 5) is 13.7. The van der Waals surface area contributed by atoms with Gasteiger partial charge in [-0.05, 0) is 32.4 Å². The normalized spacial score (nSPS) is 10.6. The largest absolute Gasteiger partial charge is 0.464 e.